The van der Waals surface area contributed by atoms with Crippen LogP contribution in [0.3, 0.4) is 0 Å². The van der Waals surface area contributed by atoms with E-state index in [4.69, 9.17) is 10.8 Å². The molecule has 0 saturated carbocycles. The van der Waals surface area contributed by atoms with Crippen molar-refractivity contribution in [3.8, 4) is 0 Å². The lowest BCUT2D eigenvalue weighted by Crippen LogP contribution is -2.27. The standard InChI is InChI=1S/C13H16N2O3/c1-15(8-7-13(17)18)12(16)6-5-10-3-2-4-11(14)9-10/h2-6,9H,7-8,14H2,1H3,(H,17,18)/b6-5+. The van der Waals surface area contributed by atoms with Crippen molar-refractivity contribution in [1.82, 2.24) is 4.90 Å². The molecule has 18 heavy (non-hydrogen) atoms. The molecule has 1 amide bonds. The quantitative estimate of drug-likeness (QED) is 0.606. The molecule has 0 spiro atoms. The minimum Gasteiger partial charge on any atom is -0.481 e. The van der Waals surface area contributed by atoms with Crippen molar-refractivity contribution in [3.63, 3.8) is 0 Å². The molecule has 1 aromatic rings. The van der Waals surface area contributed by atoms with Gasteiger partial charge in [-0.15, -0.1) is 0 Å². The molecule has 1 aromatic carbocycles. The second-order valence-electron chi connectivity index (χ2n) is 3.91. The van der Waals surface area contributed by atoms with Crippen molar-refractivity contribution < 1.29 is 14.7 Å². The number of benzene rings is 1. The molecule has 5 heteroatoms. The van der Waals surface area contributed by atoms with Gasteiger partial charge < -0.3 is 15.7 Å². The van der Waals surface area contributed by atoms with Gasteiger partial charge in [-0.1, -0.05) is 12.1 Å². The van der Waals surface area contributed by atoms with Crippen LogP contribution in [0.2, 0.25) is 0 Å². The number of carboxylic acids is 1. The Bertz CT molecular complexity index is 469. The predicted molar refractivity (Wildman–Crippen MR) is 69.8 cm³/mol. The summed E-state index contributed by atoms with van der Waals surface area (Å²) in [4.78, 5) is 23.4. The fourth-order valence-corrected chi connectivity index (χ4v) is 1.33. The Morgan fingerprint density at radius 1 is 1.44 bits per heavy atom. The summed E-state index contributed by atoms with van der Waals surface area (Å²) >= 11 is 0. The maximum atomic E-state index is 11.6. The number of hydrogen-bond acceptors (Lipinski definition) is 3. The molecular weight excluding hydrogens is 232 g/mol. The van der Waals surface area contributed by atoms with E-state index in [-0.39, 0.29) is 18.9 Å². The van der Waals surface area contributed by atoms with Gasteiger partial charge in [0.05, 0.1) is 6.42 Å². The van der Waals surface area contributed by atoms with E-state index < -0.39 is 5.97 Å². The third-order valence-electron chi connectivity index (χ3n) is 2.37. The molecule has 0 atom stereocenters. The highest BCUT2D eigenvalue weighted by Gasteiger charge is 2.06. The van der Waals surface area contributed by atoms with Crippen LogP contribution in [-0.4, -0.2) is 35.5 Å². The summed E-state index contributed by atoms with van der Waals surface area (Å²) in [5, 5.41) is 8.51. The maximum absolute atomic E-state index is 11.6. The Hall–Kier alpha value is -2.30. The lowest BCUT2D eigenvalue weighted by Gasteiger charge is -2.13. The number of aliphatic carboxylic acids is 1. The zero-order valence-electron chi connectivity index (χ0n) is 10.2. The van der Waals surface area contributed by atoms with Gasteiger partial charge in [0, 0.05) is 25.4 Å². The molecule has 3 N–H and O–H groups in total. The number of amides is 1. The number of nitrogens with zero attached hydrogens (tertiary/aromatic N) is 1. The summed E-state index contributed by atoms with van der Waals surface area (Å²) in [6.07, 6.45) is 2.99. The summed E-state index contributed by atoms with van der Waals surface area (Å²) in [6.45, 7) is 0.190. The van der Waals surface area contributed by atoms with Crippen LogP contribution in [0.1, 0.15) is 12.0 Å². The monoisotopic (exact) mass is 248 g/mol. The summed E-state index contributed by atoms with van der Waals surface area (Å²) in [5.41, 5.74) is 7.07. The van der Waals surface area contributed by atoms with Crippen LogP contribution < -0.4 is 5.73 Å². The first-order valence-electron chi connectivity index (χ1n) is 5.49. The van der Waals surface area contributed by atoms with E-state index in [0.29, 0.717) is 5.69 Å². The number of nitrogen functional groups attached to an aromatic ring is 1. The molecule has 0 bridgehead atoms. The highest BCUT2D eigenvalue weighted by atomic mass is 16.4. The van der Waals surface area contributed by atoms with Crippen molar-refractivity contribution >= 4 is 23.6 Å². The molecule has 0 heterocycles. The fraction of sp³-hybridized carbons (Fsp3) is 0.231. The highest BCUT2D eigenvalue weighted by Crippen LogP contribution is 2.08. The Kier molecular flexibility index (Phi) is 4.92. The van der Waals surface area contributed by atoms with Crippen LogP contribution in [0.4, 0.5) is 5.69 Å². The normalized spacial score (nSPS) is 10.5. The van der Waals surface area contributed by atoms with Gasteiger partial charge in [-0.25, -0.2) is 0 Å². The molecule has 0 aliphatic carbocycles. The summed E-state index contributed by atoms with van der Waals surface area (Å²) < 4.78 is 0. The zero-order chi connectivity index (χ0) is 13.5. The molecule has 0 aliphatic heterocycles. The Labute approximate surface area is 106 Å². The second-order valence-corrected chi connectivity index (χ2v) is 3.91. The Morgan fingerprint density at radius 3 is 2.78 bits per heavy atom. The Balaban J connectivity index is 2.56. The molecule has 0 aromatic heterocycles. The van der Waals surface area contributed by atoms with Crippen molar-refractivity contribution in [3.05, 3.63) is 35.9 Å². The van der Waals surface area contributed by atoms with Crippen molar-refractivity contribution in [2.75, 3.05) is 19.3 Å². The first-order valence-corrected chi connectivity index (χ1v) is 5.49. The van der Waals surface area contributed by atoms with E-state index in [1.807, 2.05) is 6.07 Å². The maximum Gasteiger partial charge on any atom is 0.305 e. The van der Waals surface area contributed by atoms with Gasteiger partial charge >= 0.3 is 5.97 Å². The van der Waals surface area contributed by atoms with E-state index >= 15 is 0 Å². The van der Waals surface area contributed by atoms with Gasteiger partial charge in [0.1, 0.15) is 0 Å². The van der Waals surface area contributed by atoms with Gasteiger partial charge in [0.2, 0.25) is 5.91 Å². The number of anilines is 1. The highest BCUT2D eigenvalue weighted by molar-refractivity contribution is 5.91. The minimum atomic E-state index is -0.922. The first-order chi connectivity index (χ1) is 8.49. The van der Waals surface area contributed by atoms with Gasteiger partial charge in [-0.2, -0.15) is 0 Å². The predicted octanol–water partition coefficient (Wildman–Crippen LogP) is 1.22. The van der Waals surface area contributed by atoms with Gasteiger partial charge in [0.15, 0.2) is 0 Å². The van der Waals surface area contributed by atoms with Crippen LogP contribution in [0.15, 0.2) is 30.3 Å². The second kappa shape index (κ2) is 6.44. The summed E-state index contributed by atoms with van der Waals surface area (Å²) in [6, 6.07) is 7.14. The van der Waals surface area contributed by atoms with Crippen LogP contribution in [0, 0.1) is 0 Å². The van der Waals surface area contributed by atoms with Gasteiger partial charge in [-0.05, 0) is 23.8 Å². The molecule has 96 valence electrons. The molecule has 0 saturated heterocycles. The molecule has 0 radical (unpaired) electrons. The van der Waals surface area contributed by atoms with Crippen LogP contribution in [0.5, 0.6) is 0 Å². The van der Waals surface area contributed by atoms with Crippen LogP contribution in [0.25, 0.3) is 6.08 Å². The first kappa shape index (κ1) is 13.8. The number of hydrogen-bond donors (Lipinski definition) is 2. The fourth-order valence-electron chi connectivity index (χ4n) is 1.33. The lowest BCUT2D eigenvalue weighted by atomic mass is 10.2. The minimum absolute atomic E-state index is 0.0611. The molecule has 0 fully saturated rings. The summed E-state index contributed by atoms with van der Waals surface area (Å²) in [5.74, 6) is -1.16. The third kappa shape index (κ3) is 4.69. The van der Waals surface area contributed by atoms with Crippen molar-refractivity contribution in [1.29, 1.82) is 0 Å². The molecule has 0 unspecified atom stereocenters. The number of carboxylic acid groups (broad SMARTS) is 1. The smallest absolute Gasteiger partial charge is 0.305 e. The van der Waals surface area contributed by atoms with E-state index in [0.717, 1.165) is 5.56 Å². The van der Waals surface area contributed by atoms with Crippen molar-refractivity contribution in [2.24, 2.45) is 0 Å². The molecule has 1 rings (SSSR count). The van der Waals surface area contributed by atoms with E-state index in [2.05, 4.69) is 0 Å². The number of carbonyl (C=O) groups excluding carboxylic acids is 1. The average Bonchev–Trinajstić information content (AvgIpc) is 2.33. The number of nitrogens with two attached hydrogens (primary N) is 1. The zero-order valence-corrected chi connectivity index (χ0v) is 10.2. The average molecular weight is 248 g/mol. The van der Waals surface area contributed by atoms with Crippen molar-refractivity contribution in [2.45, 2.75) is 6.42 Å². The topological polar surface area (TPSA) is 83.6 Å². The number of likely N-dealkylation sites (N-methyl/N-ethyl adjacent to an activating group) is 1. The summed E-state index contributed by atoms with van der Waals surface area (Å²) in [7, 11) is 1.56. The largest absolute Gasteiger partial charge is 0.481 e. The van der Waals surface area contributed by atoms with E-state index in [1.54, 1.807) is 31.3 Å². The number of rotatable bonds is 5. The number of carbonyl (C=O) groups is 2. The lowest BCUT2D eigenvalue weighted by molar-refractivity contribution is -0.137. The molecule has 5 nitrogen and oxygen atoms in total. The van der Waals surface area contributed by atoms with Crippen LogP contribution >= 0.6 is 0 Å². The SMILES string of the molecule is CN(CCC(=O)O)C(=O)/C=C/c1cccc(N)c1. The van der Waals surface area contributed by atoms with Crippen LogP contribution in [-0.2, 0) is 9.59 Å². The van der Waals surface area contributed by atoms with Gasteiger partial charge in [0.25, 0.3) is 0 Å². The molecule has 0 aliphatic rings. The third-order valence-corrected chi connectivity index (χ3v) is 2.37. The van der Waals surface area contributed by atoms with Gasteiger partial charge in [-0.3, -0.25) is 9.59 Å². The van der Waals surface area contributed by atoms with E-state index in [9.17, 15) is 9.59 Å². The Morgan fingerprint density at radius 2 is 2.17 bits per heavy atom. The van der Waals surface area contributed by atoms with E-state index in [1.165, 1.54) is 11.0 Å². The molecular formula is C13H16N2O3.